The topological polar surface area (TPSA) is 38.5 Å². The molecule has 1 aliphatic heterocycles. The largest absolute Gasteiger partial charge is 0.379 e. The summed E-state index contributed by atoms with van der Waals surface area (Å²) in [6.45, 7) is 11.8. The Labute approximate surface area is 94.0 Å². The second-order valence-electron chi connectivity index (χ2n) is 5.77. The van der Waals surface area contributed by atoms with E-state index in [1.807, 2.05) is 0 Å². The summed E-state index contributed by atoms with van der Waals surface area (Å²) in [4.78, 5) is 2.45. The number of nitrogens with zero attached hydrogens (tertiary/aromatic N) is 1. The molecule has 15 heavy (non-hydrogen) atoms. The van der Waals surface area contributed by atoms with Crippen molar-refractivity contribution in [1.82, 2.24) is 4.90 Å². The van der Waals surface area contributed by atoms with Crippen molar-refractivity contribution in [2.75, 3.05) is 32.8 Å². The van der Waals surface area contributed by atoms with Crippen molar-refractivity contribution in [2.45, 2.75) is 39.7 Å². The van der Waals surface area contributed by atoms with Crippen molar-refractivity contribution in [3.8, 4) is 0 Å². The molecule has 0 bridgehead atoms. The molecule has 0 aliphatic carbocycles. The highest BCUT2D eigenvalue weighted by molar-refractivity contribution is 4.73. The van der Waals surface area contributed by atoms with Gasteiger partial charge in [0.1, 0.15) is 0 Å². The summed E-state index contributed by atoms with van der Waals surface area (Å²) in [6, 6.07) is 0.341. The molecule has 0 aromatic heterocycles. The lowest BCUT2D eigenvalue weighted by atomic mass is 9.87. The number of ether oxygens (including phenoxy) is 1. The van der Waals surface area contributed by atoms with E-state index in [2.05, 4.69) is 25.7 Å². The van der Waals surface area contributed by atoms with Gasteiger partial charge in [0, 0.05) is 19.1 Å². The Morgan fingerprint density at radius 2 is 1.87 bits per heavy atom. The minimum Gasteiger partial charge on any atom is -0.379 e. The summed E-state index contributed by atoms with van der Waals surface area (Å²) in [7, 11) is 0. The second-order valence-corrected chi connectivity index (χ2v) is 5.77. The zero-order chi connectivity index (χ0) is 11.3. The van der Waals surface area contributed by atoms with E-state index in [0.29, 0.717) is 11.5 Å². The van der Waals surface area contributed by atoms with Crippen LogP contribution >= 0.6 is 0 Å². The zero-order valence-electron chi connectivity index (χ0n) is 10.5. The number of morpholine rings is 1. The standard InChI is InChI=1S/C12H26N2O/c1-12(2,3)10-11(13)4-5-14-6-8-15-9-7-14/h11H,4-10,13H2,1-3H3. The lowest BCUT2D eigenvalue weighted by Crippen LogP contribution is -2.39. The Balaban J connectivity index is 2.12. The summed E-state index contributed by atoms with van der Waals surface area (Å²) in [5, 5.41) is 0. The van der Waals surface area contributed by atoms with Gasteiger partial charge in [-0.1, -0.05) is 20.8 Å². The van der Waals surface area contributed by atoms with Gasteiger partial charge in [-0.3, -0.25) is 4.90 Å². The third-order valence-electron chi connectivity index (χ3n) is 2.79. The summed E-state index contributed by atoms with van der Waals surface area (Å²) in [5.41, 5.74) is 6.47. The Morgan fingerprint density at radius 3 is 2.40 bits per heavy atom. The van der Waals surface area contributed by atoms with E-state index < -0.39 is 0 Å². The van der Waals surface area contributed by atoms with Crippen molar-refractivity contribution in [3.05, 3.63) is 0 Å². The Hall–Kier alpha value is -0.120. The van der Waals surface area contributed by atoms with Crippen LogP contribution in [0.2, 0.25) is 0 Å². The predicted octanol–water partition coefficient (Wildman–Crippen LogP) is 1.47. The van der Waals surface area contributed by atoms with E-state index in [9.17, 15) is 0 Å². The normalized spacial score (nSPS) is 21.6. The highest BCUT2D eigenvalue weighted by Gasteiger charge is 2.17. The van der Waals surface area contributed by atoms with Gasteiger partial charge in [-0.15, -0.1) is 0 Å². The summed E-state index contributed by atoms with van der Waals surface area (Å²) >= 11 is 0. The number of nitrogens with two attached hydrogens (primary N) is 1. The molecule has 1 aliphatic rings. The summed E-state index contributed by atoms with van der Waals surface area (Å²) in [6.07, 6.45) is 2.22. The van der Waals surface area contributed by atoms with Crippen molar-refractivity contribution >= 4 is 0 Å². The molecule has 0 saturated carbocycles. The first kappa shape index (κ1) is 12.9. The van der Waals surface area contributed by atoms with Gasteiger partial charge in [0.05, 0.1) is 13.2 Å². The first-order valence-corrected chi connectivity index (χ1v) is 6.03. The smallest absolute Gasteiger partial charge is 0.0594 e. The molecule has 0 aromatic carbocycles. The van der Waals surface area contributed by atoms with Crippen LogP contribution in [0.25, 0.3) is 0 Å². The molecule has 1 fully saturated rings. The molecule has 0 radical (unpaired) electrons. The van der Waals surface area contributed by atoms with Crippen LogP contribution in [0.15, 0.2) is 0 Å². The van der Waals surface area contributed by atoms with Gasteiger partial charge < -0.3 is 10.5 Å². The third-order valence-corrected chi connectivity index (χ3v) is 2.79. The van der Waals surface area contributed by atoms with Crippen LogP contribution in [0.3, 0.4) is 0 Å². The third kappa shape index (κ3) is 6.13. The molecular weight excluding hydrogens is 188 g/mol. The van der Waals surface area contributed by atoms with E-state index >= 15 is 0 Å². The van der Waals surface area contributed by atoms with Gasteiger partial charge >= 0.3 is 0 Å². The molecule has 0 spiro atoms. The van der Waals surface area contributed by atoms with Crippen LogP contribution in [-0.2, 0) is 4.74 Å². The van der Waals surface area contributed by atoms with Crippen LogP contribution in [-0.4, -0.2) is 43.8 Å². The molecule has 0 aromatic rings. The highest BCUT2D eigenvalue weighted by Crippen LogP contribution is 2.21. The molecule has 1 rings (SSSR count). The van der Waals surface area contributed by atoms with E-state index in [-0.39, 0.29) is 0 Å². The maximum absolute atomic E-state index is 6.12. The fourth-order valence-corrected chi connectivity index (χ4v) is 2.06. The van der Waals surface area contributed by atoms with Gasteiger partial charge in [0.25, 0.3) is 0 Å². The predicted molar refractivity (Wildman–Crippen MR) is 63.9 cm³/mol. The molecule has 0 amide bonds. The first-order chi connectivity index (χ1) is 6.97. The molecule has 2 N–H and O–H groups in total. The Bertz CT molecular complexity index is 171. The molecule has 1 unspecified atom stereocenters. The lowest BCUT2D eigenvalue weighted by Gasteiger charge is -2.29. The molecule has 1 heterocycles. The second kappa shape index (κ2) is 5.83. The van der Waals surface area contributed by atoms with E-state index in [1.165, 1.54) is 0 Å². The minimum atomic E-state index is 0.341. The quantitative estimate of drug-likeness (QED) is 0.770. The lowest BCUT2D eigenvalue weighted by molar-refractivity contribution is 0.0361. The average Bonchev–Trinajstić information content (AvgIpc) is 2.14. The van der Waals surface area contributed by atoms with E-state index in [0.717, 1.165) is 45.7 Å². The van der Waals surface area contributed by atoms with Crippen molar-refractivity contribution in [3.63, 3.8) is 0 Å². The van der Waals surface area contributed by atoms with Crippen molar-refractivity contribution < 1.29 is 4.74 Å². The van der Waals surface area contributed by atoms with Crippen LogP contribution in [0.1, 0.15) is 33.6 Å². The molecule has 3 nitrogen and oxygen atoms in total. The average molecular weight is 214 g/mol. The zero-order valence-corrected chi connectivity index (χ0v) is 10.5. The monoisotopic (exact) mass is 214 g/mol. The molecule has 3 heteroatoms. The number of rotatable bonds is 4. The highest BCUT2D eigenvalue weighted by atomic mass is 16.5. The minimum absolute atomic E-state index is 0.341. The number of hydrogen-bond donors (Lipinski definition) is 1. The van der Waals surface area contributed by atoms with Gasteiger partial charge in [0.2, 0.25) is 0 Å². The fourth-order valence-electron chi connectivity index (χ4n) is 2.06. The van der Waals surface area contributed by atoms with Crippen molar-refractivity contribution in [1.29, 1.82) is 0 Å². The molecule has 90 valence electrons. The van der Waals surface area contributed by atoms with Crippen molar-refractivity contribution in [2.24, 2.45) is 11.1 Å². The summed E-state index contributed by atoms with van der Waals surface area (Å²) in [5.74, 6) is 0. The maximum Gasteiger partial charge on any atom is 0.0594 e. The fraction of sp³-hybridized carbons (Fsp3) is 1.00. The van der Waals surface area contributed by atoms with Crippen LogP contribution in [0.4, 0.5) is 0 Å². The Kier molecular flexibility index (Phi) is 5.03. The maximum atomic E-state index is 6.12. The molecule has 1 atom stereocenters. The van der Waals surface area contributed by atoms with Crippen LogP contribution < -0.4 is 5.73 Å². The summed E-state index contributed by atoms with van der Waals surface area (Å²) < 4.78 is 5.31. The van der Waals surface area contributed by atoms with Gasteiger partial charge in [-0.05, 0) is 24.8 Å². The van der Waals surface area contributed by atoms with Crippen LogP contribution in [0.5, 0.6) is 0 Å². The first-order valence-electron chi connectivity index (χ1n) is 6.03. The Morgan fingerprint density at radius 1 is 1.27 bits per heavy atom. The van der Waals surface area contributed by atoms with E-state index in [1.54, 1.807) is 0 Å². The SMILES string of the molecule is CC(C)(C)CC(N)CCN1CCOCC1. The number of hydrogen-bond acceptors (Lipinski definition) is 3. The van der Waals surface area contributed by atoms with Crippen LogP contribution in [0, 0.1) is 5.41 Å². The van der Waals surface area contributed by atoms with Gasteiger partial charge in [-0.25, -0.2) is 0 Å². The molecule has 1 saturated heterocycles. The van der Waals surface area contributed by atoms with Gasteiger partial charge in [0.15, 0.2) is 0 Å². The van der Waals surface area contributed by atoms with E-state index in [4.69, 9.17) is 10.5 Å². The molecular formula is C12H26N2O. The van der Waals surface area contributed by atoms with Gasteiger partial charge in [-0.2, -0.15) is 0 Å².